The number of rotatable bonds is 3. The number of hydrogen-bond acceptors (Lipinski definition) is 0. The van der Waals surface area contributed by atoms with Crippen LogP contribution in [0.1, 0.15) is 49.3 Å². The Kier molecular flexibility index (Phi) is 1.92. The Labute approximate surface area is 74.6 Å². The van der Waals surface area contributed by atoms with Crippen molar-refractivity contribution in [3.63, 3.8) is 0 Å². The summed E-state index contributed by atoms with van der Waals surface area (Å²) in [7, 11) is 0. The van der Waals surface area contributed by atoms with E-state index in [1.54, 1.807) is 16.7 Å². The SMILES string of the molecule is CCCCc1cccc2c1C2C. The summed E-state index contributed by atoms with van der Waals surface area (Å²) in [5, 5.41) is 0. The van der Waals surface area contributed by atoms with Crippen LogP contribution in [0.25, 0.3) is 0 Å². The smallest absolute Gasteiger partial charge is 0.00697 e. The van der Waals surface area contributed by atoms with E-state index in [4.69, 9.17) is 0 Å². The number of hydrogen-bond donors (Lipinski definition) is 0. The molecule has 0 fully saturated rings. The third-order valence-electron chi connectivity index (χ3n) is 2.85. The van der Waals surface area contributed by atoms with Crippen molar-refractivity contribution in [1.82, 2.24) is 0 Å². The first-order valence-corrected chi connectivity index (χ1v) is 4.96. The van der Waals surface area contributed by atoms with E-state index < -0.39 is 0 Å². The molecule has 1 aliphatic carbocycles. The normalized spacial score (nSPS) is 19.0. The second-order valence-corrected chi connectivity index (χ2v) is 3.75. The predicted molar refractivity (Wildman–Crippen MR) is 52.6 cm³/mol. The van der Waals surface area contributed by atoms with Crippen LogP contribution in [0.5, 0.6) is 0 Å². The maximum absolute atomic E-state index is 2.31. The fourth-order valence-corrected chi connectivity index (χ4v) is 2.00. The zero-order valence-corrected chi connectivity index (χ0v) is 7.93. The summed E-state index contributed by atoms with van der Waals surface area (Å²) in [4.78, 5) is 0. The number of unbranched alkanes of at least 4 members (excludes halogenated alkanes) is 1. The zero-order valence-electron chi connectivity index (χ0n) is 7.93. The number of aryl methyl sites for hydroxylation is 1. The maximum atomic E-state index is 2.31. The highest BCUT2D eigenvalue weighted by Gasteiger charge is 2.29. The van der Waals surface area contributed by atoms with Crippen molar-refractivity contribution in [2.45, 2.75) is 39.0 Å². The molecule has 0 bridgehead atoms. The molecule has 1 aromatic carbocycles. The van der Waals surface area contributed by atoms with Crippen LogP contribution in [-0.2, 0) is 6.42 Å². The molecule has 0 amide bonds. The van der Waals surface area contributed by atoms with Crippen LogP contribution in [0.4, 0.5) is 0 Å². The van der Waals surface area contributed by atoms with Crippen molar-refractivity contribution in [3.05, 3.63) is 34.9 Å². The van der Waals surface area contributed by atoms with Gasteiger partial charge >= 0.3 is 0 Å². The molecule has 0 radical (unpaired) electrons. The summed E-state index contributed by atoms with van der Waals surface area (Å²) in [6.45, 7) is 4.56. The zero-order chi connectivity index (χ0) is 8.55. The Balaban J connectivity index is 2.14. The van der Waals surface area contributed by atoms with E-state index in [9.17, 15) is 0 Å². The van der Waals surface area contributed by atoms with Gasteiger partial charge in [0.15, 0.2) is 0 Å². The fraction of sp³-hybridized carbons (Fsp3) is 0.500. The Bertz CT molecular complexity index is 286. The highest BCUT2D eigenvalue weighted by molar-refractivity contribution is 5.56. The van der Waals surface area contributed by atoms with Crippen LogP contribution in [0, 0.1) is 0 Å². The Morgan fingerprint density at radius 1 is 1.33 bits per heavy atom. The molecule has 0 saturated carbocycles. The highest BCUT2D eigenvalue weighted by atomic mass is 14.3. The summed E-state index contributed by atoms with van der Waals surface area (Å²) >= 11 is 0. The molecular weight excluding hydrogens is 144 g/mol. The molecule has 1 atom stereocenters. The molecule has 0 spiro atoms. The first-order valence-electron chi connectivity index (χ1n) is 4.96. The van der Waals surface area contributed by atoms with E-state index in [0.29, 0.717) is 0 Å². The number of fused-ring (bicyclic) bond motifs is 1. The van der Waals surface area contributed by atoms with Gasteiger partial charge in [0.25, 0.3) is 0 Å². The first-order chi connectivity index (χ1) is 5.84. The lowest BCUT2D eigenvalue weighted by Crippen LogP contribution is -1.83. The van der Waals surface area contributed by atoms with Gasteiger partial charge in [0, 0.05) is 5.92 Å². The molecule has 1 aliphatic rings. The van der Waals surface area contributed by atoms with Gasteiger partial charge in [-0.15, -0.1) is 0 Å². The third kappa shape index (κ3) is 1.16. The highest BCUT2D eigenvalue weighted by Crippen LogP contribution is 2.45. The molecule has 2 rings (SSSR count). The largest absolute Gasteiger partial charge is 0.0654 e. The molecule has 0 N–H and O–H groups in total. The average molecular weight is 160 g/mol. The van der Waals surface area contributed by atoms with Crippen molar-refractivity contribution in [2.24, 2.45) is 0 Å². The summed E-state index contributed by atoms with van der Waals surface area (Å²) in [5.74, 6) is 0.770. The van der Waals surface area contributed by atoms with Crippen LogP contribution >= 0.6 is 0 Å². The monoisotopic (exact) mass is 160 g/mol. The minimum atomic E-state index is 0.770. The van der Waals surface area contributed by atoms with Crippen LogP contribution < -0.4 is 0 Å². The fourth-order valence-electron chi connectivity index (χ4n) is 2.00. The van der Waals surface area contributed by atoms with Gasteiger partial charge in [0.05, 0.1) is 0 Å². The minimum absolute atomic E-state index is 0.770. The predicted octanol–water partition coefficient (Wildman–Crippen LogP) is 3.49. The van der Waals surface area contributed by atoms with Gasteiger partial charge in [-0.2, -0.15) is 0 Å². The van der Waals surface area contributed by atoms with Crippen LogP contribution in [0.15, 0.2) is 18.2 Å². The summed E-state index contributed by atoms with van der Waals surface area (Å²) in [6, 6.07) is 6.75. The van der Waals surface area contributed by atoms with E-state index in [-0.39, 0.29) is 0 Å². The average Bonchev–Trinajstić information content (AvgIpc) is 2.75. The maximum Gasteiger partial charge on any atom is 0.00697 e. The van der Waals surface area contributed by atoms with Crippen molar-refractivity contribution >= 4 is 0 Å². The Morgan fingerprint density at radius 2 is 2.17 bits per heavy atom. The number of benzene rings is 1. The molecule has 0 saturated heterocycles. The van der Waals surface area contributed by atoms with Crippen LogP contribution in [0.2, 0.25) is 0 Å². The van der Waals surface area contributed by atoms with Crippen molar-refractivity contribution in [1.29, 1.82) is 0 Å². The van der Waals surface area contributed by atoms with Gasteiger partial charge in [-0.05, 0) is 29.5 Å². The molecule has 12 heavy (non-hydrogen) atoms. The summed E-state index contributed by atoms with van der Waals surface area (Å²) < 4.78 is 0. The summed E-state index contributed by atoms with van der Waals surface area (Å²) in [5.41, 5.74) is 4.83. The molecule has 0 aliphatic heterocycles. The first kappa shape index (κ1) is 7.85. The third-order valence-corrected chi connectivity index (χ3v) is 2.85. The molecular formula is C12H16. The van der Waals surface area contributed by atoms with Gasteiger partial charge in [-0.25, -0.2) is 0 Å². The van der Waals surface area contributed by atoms with Crippen LogP contribution in [0.3, 0.4) is 0 Å². The van der Waals surface area contributed by atoms with Gasteiger partial charge in [-0.3, -0.25) is 0 Å². The van der Waals surface area contributed by atoms with Gasteiger partial charge in [0.1, 0.15) is 0 Å². The molecule has 0 heteroatoms. The van der Waals surface area contributed by atoms with E-state index in [2.05, 4.69) is 32.0 Å². The van der Waals surface area contributed by atoms with Gasteiger partial charge in [-0.1, -0.05) is 38.5 Å². The molecule has 64 valence electrons. The van der Waals surface area contributed by atoms with E-state index in [0.717, 1.165) is 5.92 Å². The van der Waals surface area contributed by atoms with E-state index in [1.807, 2.05) is 0 Å². The van der Waals surface area contributed by atoms with Gasteiger partial charge in [0.2, 0.25) is 0 Å². The molecule has 1 unspecified atom stereocenters. The van der Waals surface area contributed by atoms with Gasteiger partial charge < -0.3 is 0 Å². The van der Waals surface area contributed by atoms with E-state index in [1.165, 1.54) is 19.3 Å². The van der Waals surface area contributed by atoms with Crippen LogP contribution in [-0.4, -0.2) is 0 Å². The standard InChI is InChI=1S/C12H16/c1-3-4-6-10-7-5-8-11-9(2)12(10)11/h5,7-9H,3-4,6H2,1-2H3. The Morgan fingerprint density at radius 3 is 2.92 bits per heavy atom. The lowest BCUT2D eigenvalue weighted by molar-refractivity contribution is 0.792. The Hall–Kier alpha value is -0.780. The molecule has 0 nitrogen and oxygen atoms in total. The molecule has 0 heterocycles. The quantitative estimate of drug-likeness (QED) is 0.635. The minimum Gasteiger partial charge on any atom is -0.0654 e. The molecule has 1 aromatic rings. The van der Waals surface area contributed by atoms with Crippen molar-refractivity contribution in [3.8, 4) is 0 Å². The molecule has 0 aromatic heterocycles. The lowest BCUT2D eigenvalue weighted by Gasteiger charge is -1.97. The summed E-state index contributed by atoms with van der Waals surface area (Å²) in [6.07, 6.45) is 3.92. The topological polar surface area (TPSA) is 0 Å². The van der Waals surface area contributed by atoms with Crippen molar-refractivity contribution < 1.29 is 0 Å². The second kappa shape index (κ2) is 2.93. The second-order valence-electron chi connectivity index (χ2n) is 3.75. The van der Waals surface area contributed by atoms with Crippen molar-refractivity contribution in [2.75, 3.05) is 0 Å². The lowest BCUT2D eigenvalue weighted by atomic mass is 10.1. The van der Waals surface area contributed by atoms with E-state index >= 15 is 0 Å².